The van der Waals surface area contributed by atoms with E-state index in [1.54, 1.807) is 0 Å². The number of aryl methyl sites for hydroxylation is 1. The van der Waals surface area contributed by atoms with Gasteiger partial charge in [0.1, 0.15) is 6.04 Å². The molecule has 1 saturated heterocycles. The predicted octanol–water partition coefficient (Wildman–Crippen LogP) is 2.87. The van der Waals surface area contributed by atoms with E-state index >= 15 is 0 Å². The van der Waals surface area contributed by atoms with Crippen molar-refractivity contribution < 1.29 is 4.74 Å². The van der Waals surface area contributed by atoms with E-state index < -0.39 is 0 Å². The minimum atomic E-state index is -0.263. The van der Waals surface area contributed by atoms with Crippen molar-refractivity contribution in [3.8, 4) is 6.07 Å². The summed E-state index contributed by atoms with van der Waals surface area (Å²) in [6.45, 7) is 4.09. The van der Waals surface area contributed by atoms with E-state index in [1.165, 1.54) is 0 Å². The number of para-hydroxylation sites is 1. The smallest absolute Gasteiger partial charge is 0.141 e. The first-order valence-corrected chi connectivity index (χ1v) is 6.08. The molecule has 0 spiro atoms. The van der Waals surface area contributed by atoms with Gasteiger partial charge in [-0.1, -0.05) is 18.2 Å². The van der Waals surface area contributed by atoms with Gasteiger partial charge in [-0.15, -0.1) is 0 Å². The van der Waals surface area contributed by atoms with Gasteiger partial charge in [-0.25, -0.2) is 0 Å². The maximum atomic E-state index is 9.23. The van der Waals surface area contributed by atoms with E-state index in [2.05, 4.69) is 18.3 Å². The Labute approximate surface area is 102 Å². The molecule has 1 aromatic rings. The Balaban J connectivity index is 2.06. The molecule has 17 heavy (non-hydrogen) atoms. The van der Waals surface area contributed by atoms with Crippen molar-refractivity contribution in [2.45, 2.75) is 44.9 Å². The monoisotopic (exact) mass is 230 g/mol. The van der Waals surface area contributed by atoms with Gasteiger partial charge in [-0.3, -0.25) is 0 Å². The van der Waals surface area contributed by atoms with Crippen LogP contribution in [-0.2, 0) is 4.74 Å². The molecule has 3 heteroatoms. The van der Waals surface area contributed by atoms with E-state index in [0.29, 0.717) is 0 Å². The van der Waals surface area contributed by atoms with Gasteiger partial charge in [0, 0.05) is 5.69 Å². The molecule has 1 fully saturated rings. The highest BCUT2D eigenvalue weighted by Gasteiger charge is 2.29. The number of ether oxygens (including phenoxy) is 1. The second kappa shape index (κ2) is 5.20. The Morgan fingerprint density at radius 2 is 2.18 bits per heavy atom. The van der Waals surface area contributed by atoms with Gasteiger partial charge < -0.3 is 10.1 Å². The van der Waals surface area contributed by atoms with Crippen molar-refractivity contribution in [3.05, 3.63) is 29.8 Å². The Morgan fingerprint density at radius 3 is 2.76 bits per heavy atom. The average molecular weight is 230 g/mol. The average Bonchev–Trinajstić information content (AvgIpc) is 2.75. The maximum absolute atomic E-state index is 9.23. The second-order valence-electron chi connectivity index (χ2n) is 4.63. The van der Waals surface area contributed by atoms with Gasteiger partial charge in [0.15, 0.2) is 0 Å². The molecule has 0 aromatic heterocycles. The number of benzene rings is 1. The molecule has 3 atom stereocenters. The quantitative estimate of drug-likeness (QED) is 0.868. The Hall–Kier alpha value is -1.53. The topological polar surface area (TPSA) is 45.0 Å². The molecule has 1 N–H and O–H groups in total. The van der Waals surface area contributed by atoms with Crippen LogP contribution in [0.1, 0.15) is 25.3 Å². The zero-order chi connectivity index (χ0) is 12.3. The standard InChI is InChI=1S/C14H18N2O/c1-10-5-3-4-6-12(10)16-13(9-15)14-8-7-11(2)17-14/h3-6,11,13-14,16H,7-8H2,1-2H3. The molecule has 0 saturated carbocycles. The summed E-state index contributed by atoms with van der Waals surface area (Å²) in [5, 5.41) is 12.5. The molecule has 0 bridgehead atoms. The number of hydrogen-bond donors (Lipinski definition) is 1. The molecule has 1 heterocycles. The highest BCUT2D eigenvalue weighted by Crippen LogP contribution is 2.24. The maximum Gasteiger partial charge on any atom is 0.141 e. The lowest BCUT2D eigenvalue weighted by molar-refractivity contribution is 0.0534. The molecular formula is C14H18N2O. The molecule has 0 amide bonds. The molecular weight excluding hydrogens is 212 g/mol. The molecule has 90 valence electrons. The van der Waals surface area contributed by atoms with Crippen molar-refractivity contribution in [2.24, 2.45) is 0 Å². The van der Waals surface area contributed by atoms with Crippen molar-refractivity contribution in [2.75, 3.05) is 5.32 Å². The number of nitrogens with one attached hydrogen (secondary N) is 1. The molecule has 0 aliphatic carbocycles. The molecule has 3 nitrogen and oxygen atoms in total. The van der Waals surface area contributed by atoms with Gasteiger partial charge in [-0.05, 0) is 38.3 Å². The minimum Gasteiger partial charge on any atom is -0.372 e. The second-order valence-corrected chi connectivity index (χ2v) is 4.63. The van der Waals surface area contributed by atoms with Gasteiger partial charge in [0.05, 0.1) is 18.3 Å². The third kappa shape index (κ3) is 2.78. The lowest BCUT2D eigenvalue weighted by Gasteiger charge is -2.20. The first kappa shape index (κ1) is 11.9. The summed E-state index contributed by atoms with van der Waals surface area (Å²) < 4.78 is 5.74. The van der Waals surface area contributed by atoms with Crippen LogP contribution in [0, 0.1) is 18.3 Å². The van der Waals surface area contributed by atoms with Gasteiger partial charge in [-0.2, -0.15) is 5.26 Å². The summed E-state index contributed by atoms with van der Waals surface area (Å²) in [4.78, 5) is 0. The summed E-state index contributed by atoms with van der Waals surface area (Å²) in [6.07, 6.45) is 2.28. The van der Waals surface area contributed by atoms with Crippen LogP contribution in [0.2, 0.25) is 0 Å². The summed E-state index contributed by atoms with van der Waals surface area (Å²) in [6, 6.07) is 10.0. The van der Waals surface area contributed by atoms with Crippen molar-refractivity contribution >= 4 is 5.69 Å². The lowest BCUT2D eigenvalue weighted by atomic mass is 10.1. The highest BCUT2D eigenvalue weighted by molar-refractivity contribution is 5.52. The normalized spacial score (nSPS) is 25.2. The zero-order valence-electron chi connectivity index (χ0n) is 10.3. The van der Waals surface area contributed by atoms with Gasteiger partial charge in [0.2, 0.25) is 0 Å². The first-order valence-electron chi connectivity index (χ1n) is 6.08. The van der Waals surface area contributed by atoms with Crippen LogP contribution in [0.5, 0.6) is 0 Å². The van der Waals surface area contributed by atoms with Crippen LogP contribution >= 0.6 is 0 Å². The fourth-order valence-electron chi connectivity index (χ4n) is 2.19. The van der Waals surface area contributed by atoms with Crippen LogP contribution in [0.25, 0.3) is 0 Å². The zero-order valence-corrected chi connectivity index (χ0v) is 10.3. The Morgan fingerprint density at radius 1 is 1.41 bits per heavy atom. The highest BCUT2D eigenvalue weighted by atomic mass is 16.5. The largest absolute Gasteiger partial charge is 0.372 e. The summed E-state index contributed by atoms with van der Waals surface area (Å²) in [5.74, 6) is 0. The number of rotatable bonds is 3. The summed E-state index contributed by atoms with van der Waals surface area (Å²) in [7, 11) is 0. The number of nitrogens with zero attached hydrogens (tertiary/aromatic N) is 1. The molecule has 3 unspecified atom stereocenters. The SMILES string of the molecule is Cc1ccccc1NC(C#N)C1CCC(C)O1. The van der Waals surface area contributed by atoms with Crippen LogP contribution in [0.15, 0.2) is 24.3 Å². The minimum absolute atomic E-state index is 0.00889. The third-order valence-corrected chi connectivity index (χ3v) is 3.23. The Kier molecular flexibility index (Phi) is 3.65. The predicted molar refractivity (Wildman–Crippen MR) is 67.8 cm³/mol. The van der Waals surface area contributed by atoms with E-state index in [0.717, 1.165) is 24.1 Å². The van der Waals surface area contributed by atoms with E-state index in [1.807, 2.05) is 31.2 Å². The van der Waals surface area contributed by atoms with Crippen LogP contribution in [0.4, 0.5) is 5.69 Å². The van der Waals surface area contributed by atoms with Crippen molar-refractivity contribution in [3.63, 3.8) is 0 Å². The Bertz CT molecular complexity index is 424. The van der Waals surface area contributed by atoms with E-state index in [4.69, 9.17) is 4.74 Å². The molecule has 1 aliphatic rings. The van der Waals surface area contributed by atoms with Crippen molar-refractivity contribution in [1.82, 2.24) is 0 Å². The fraction of sp³-hybridized carbons (Fsp3) is 0.500. The van der Waals surface area contributed by atoms with Gasteiger partial charge in [0.25, 0.3) is 0 Å². The summed E-state index contributed by atoms with van der Waals surface area (Å²) >= 11 is 0. The number of anilines is 1. The molecule has 0 radical (unpaired) electrons. The van der Waals surface area contributed by atoms with Crippen molar-refractivity contribution in [1.29, 1.82) is 5.26 Å². The molecule has 2 rings (SSSR count). The number of nitriles is 1. The van der Waals surface area contributed by atoms with E-state index in [9.17, 15) is 5.26 Å². The van der Waals surface area contributed by atoms with E-state index in [-0.39, 0.29) is 18.2 Å². The first-order chi connectivity index (χ1) is 8.20. The van der Waals surface area contributed by atoms with Gasteiger partial charge >= 0.3 is 0 Å². The number of hydrogen-bond acceptors (Lipinski definition) is 3. The van der Waals surface area contributed by atoms with Crippen LogP contribution in [0.3, 0.4) is 0 Å². The fourth-order valence-corrected chi connectivity index (χ4v) is 2.19. The summed E-state index contributed by atoms with van der Waals surface area (Å²) in [5.41, 5.74) is 2.17. The lowest BCUT2D eigenvalue weighted by Crippen LogP contribution is -2.32. The van der Waals surface area contributed by atoms with Crippen LogP contribution < -0.4 is 5.32 Å². The third-order valence-electron chi connectivity index (χ3n) is 3.23. The molecule has 1 aliphatic heterocycles. The molecule has 1 aromatic carbocycles. The van der Waals surface area contributed by atoms with Crippen LogP contribution in [-0.4, -0.2) is 18.2 Å².